The van der Waals surface area contributed by atoms with Crippen LogP contribution in [0, 0.1) is 0 Å². The summed E-state index contributed by atoms with van der Waals surface area (Å²) >= 11 is 0. The topological polar surface area (TPSA) is 50.4 Å². The van der Waals surface area contributed by atoms with Gasteiger partial charge >= 0.3 is 0 Å². The number of amides is 1. The molecule has 1 amide bonds. The Hall–Kier alpha value is -1.55. The number of benzene rings is 1. The zero-order chi connectivity index (χ0) is 13.0. The van der Waals surface area contributed by atoms with Gasteiger partial charge in [-0.1, -0.05) is 32.0 Å². The average Bonchev–Trinajstić information content (AvgIpc) is 2.78. The Balaban J connectivity index is 1.76. The fourth-order valence-electron chi connectivity index (χ4n) is 1.99. The second kappa shape index (κ2) is 5.87. The van der Waals surface area contributed by atoms with E-state index >= 15 is 0 Å². The molecule has 0 spiro atoms. The van der Waals surface area contributed by atoms with Gasteiger partial charge in [-0.3, -0.25) is 4.79 Å². The number of hydrogen-bond donors (Lipinski definition) is 2. The molecule has 0 aromatic heterocycles. The number of carbonyl (C=O) groups excluding carboxylic acids is 1. The molecule has 0 saturated carbocycles. The number of para-hydroxylation sites is 1. The largest absolute Gasteiger partial charge is 0.480 e. The Morgan fingerprint density at radius 1 is 1.39 bits per heavy atom. The smallest absolute Gasteiger partial charge is 0.261 e. The quantitative estimate of drug-likeness (QED) is 0.767. The van der Waals surface area contributed by atoms with E-state index in [0.717, 1.165) is 17.9 Å². The lowest BCUT2D eigenvalue weighted by Gasteiger charge is -2.12. The van der Waals surface area contributed by atoms with E-state index in [0.29, 0.717) is 19.0 Å². The molecule has 1 unspecified atom stereocenters. The first-order chi connectivity index (χ1) is 8.66. The Morgan fingerprint density at radius 2 is 2.17 bits per heavy atom. The maximum absolute atomic E-state index is 11.9. The summed E-state index contributed by atoms with van der Waals surface area (Å²) in [6.45, 7) is 5.58. The molecule has 4 nitrogen and oxygen atoms in total. The third kappa shape index (κ3) is 3.23. The number of nitrogens with one attached hydrogen (secondary N) is 2. The Morgan fingerprint density at radius 3 is 2.89 bits per heavy atom. The highest BCUT2D eigenvalue weighted by atomic mass is 16.5. The van der Waals surface area contributed by atoms with Crippen molar-refractivity contribution in [2.24, 2.45) is 0 Å². The van der Waals surface area contributed by atoms with Gasteiger partial charge in [-0.25, -0.2) is 0 Å². The fourth-order valence-corrected chi connectivity index (χ4v) is 1.99. The molecule has 18 heavy (non-hydrogen) atoms. The van der Waals surface area contributed by atoms with Gasteiger partial charge in [0.25, 0.3) is 5.91 Å². The van der Waals surface area contributed by atoms with Gasteiger partial charge < -0.3 is 15.4 Å². The van der Waals surface area contributed by atoms with Gasteiger partial charge in [0, 0.05) is 25.6 Å². The van der Waals surface area contributed by atoms with Crippen molar-refractivity contribution in [3.05, 3.63) is 29.8 Å². The molecular weight excluding hydrogens is 228 g/mol. The molecule has 1 aromatic rings. The van der Waals surface area contributed by atoms with Crippen molar-refractivity contribution < 1.29 is 9.53 Å². The first-order valence-corrected chi connectivity index (χ1v) is 6.42. The zero-order valence-electron chi connectivity index (χ0n) is 10.9. The molecule has 0 saturated heterocycles. The van der Waals surface area contributed by atoms with Crippen LogP contribution in [0.25, 0.3) is 0 Å². The molecule has 2 N–H and O–H groups in total. The molecule has 1 aliphatic rings. The number of fused-ring (bicyclic) bond motifs is 1. The molecule has 1 heterocycles. The van der Waals surface area contributed by atoms with E-state index in [1.165, 1.54) is 0 Å². The monoisotopic (exact) mass is 248 g/mol. The van der Waals surface area contributed by atoms with Gasteiger partial charge in [0.1, 0.15) is 5.75 Å². The molecule has 0 aliphatic carbocycles. The molecular formula is C14H20N2O2. The van der Waals surface area contributed by atoms with E-state index in [2.05, 4.69) is 24.5 Å². The van der Waals surface area contributed by atoms with Gasteiger partial charge in [0.2, 0.25) is 0 Å². The molecule has 1 aliphatic heterocycles. The minimum atomic E-state index is -0.374. The molecule has 4 heteroatoms. The average molecular weight is 248 g/mol. The molecule has 0 bridgehead atoms. The van der Waals surface area contributed by atoms with Crippen molar-refractivity contribution in [3.63, 3.8) is 0 Å². The predicted octanol–water partition coefficient (Wildman–Crippen LogP) is 1.10. The highest BCUT2D eigenvalue weighted by Crippen LogP contribution is 2.27. The summed E-state index contributed by atoms with van der Waals surface area (Å²) in [7, 11) is 0. The molecule has 0 radical (unpaired) electrons. The van der Waals surface area contributed by atoms with Crippen molar-refractivity contribution in [1.29, 1.82) is 0 Å². The van der Waals surface area contributed by atoms with E-state index in [1.54, 1.807) is 0 Å². The van der Waals surface area contributed by atoms with Gasteiger partial charge in [-0.15, -0.1) is 0 Å². The van der Waals surface area contributed by atoms with Gasteiger partial charge in [0.15, 0.2) is 6.10 Å². The molecule has 98 valence electrons. The maximum atomic E-state index is 11.9. The second-order valence-corrected chi connectivity index (χ2v) is 4.82. The van der Waals surface area contributed by atoms with Crippen LogP contribution in [0.5, 0.6) is 5.75 Å². The van der Waals surface area contributed by atoms with Crippen molar-refractivity contribution in [2.45, 2.75) is 32.4 Å². The second-order valence-electron chi connectivity index (χ2n) is 4.82. The maximum Gasteiger partial charge on any atom is 0.261 e. The lowest BCUT2D eigenvalue weighted by Crippen LogP contribution is -2.41. The van der Waals surface area contributed by atoms with Crippen LogP contribution in [0.15, 0.2) is 24.3 Å². The van der Waals surface area contributed by atoms with E-state index in [-0.39, 0.29) is 12.0 Å². The number of ether oxygens (including phenoxy) is 1. The van der Waals surface area contributed by atoms with Crippen LogP contribution in [0.4, 0.5) is 0 Å². The third-order valence-corrected chi connectivity index (χ3v) is 2.92. The highest BCUT2D eigenvalue weighted by Gasteiger charge is 2.28. The SMILES string of the molecule is CC(C)NCCNC(=O)C1Cc2ccccc2O1. The third-order valence-electron chi connectivity index (χ3n) is 2.92. The molecule has 1 aromatic carbocycles. The van der Waals surface area contributed by atoms with Crippen molar-refractivity contribution in [2.75, 3.05) is 13.1 Å². The van der Waals surface area contributed by atoms with Crippen LogP contribution in [-0.2, 0) is 11.2 Å². The van der Waals surface area contributed by atoms with Crippen molar-refractivity contribution >= 4 is 5.91 Å². The van der Waals surface area contributed by atoms with Crippen molar-refractivity contribution in [1.82, 2.24) is 10.6 Å². The summed E-state index contributed by atoms with van der Waals surface area (Å²) in [5.74, 6) is 0.801. The number of carbonyl (C=O) groups is 1. The first kappa shape index (κ1) is 12.9. The summed E-state index contributed by atoms with van der Waals surface area (Å²) in [6.07, 6.45) is 0.293. The Kier molecular flexibility index (Phi) is 4.20. The fraction of sp³-hybridized carbons (Fsp3) is 0.500. The van der Waals surface area contributed by atoms with E-state index < -0.39 is 0 Å². The summed E-state index contributed by atoms with van der Waals surface area (Å²) in [5.41, 5.74) is 1.11. The molecule has 0 fully saturated rings. The Labute approximate surface area is 108 Å². The van der Waals surface area contributed by atoms with E-state index in [9.17, 15) is 4.79 Å². The minimum absolute atomic E-state index is 0.0308. The van der Waals surface area contributed by atoms with Crippen LogP contribution in [-0.4, -0.2) is 31.1 Å². The number of rotatable bonds is 5. The lowest BCUT2D eigenvalue weighted by atomic mass is 10.1. The number of hydrogen-bond acceptors (Lipinski definition) is 3. The minimum Gasteiger partial charge on any atom is -0.480 e. The van der Waals surface area contributed by atoms with Crippen LogP contribution in [0.1, 0.15) is 19.4 Å². The summed E-state index contributed by atoms with van der Waals surface area (Å²) < 4.78 is 5.61. The predicted molar refractivity (Wildman–Crippen MR) is 70.7 cm³/mol. The van der Waals surface area contributed by atoms with Gasteiger partial charge in [-0.05, 0) is 11.6 Å². The van der Waals surface area contributed by atoms with Crippen LogP contribution in [0.2, 0.25) is 0 Å². The van der Waals surface area contributed by atoms with Crippen LogP contribution in [0.3, 0.4) is 0 Å². The first-order valence-electron chi connectivity index (χ1n) is 6.42. The van der Waals surface area contributed by atoms with Crippen LogP contribution < -0.4 is 15.4 Å². The van der Waals surface area contributed by atoms with Gasteiger partial charge in [0.05, 0.1) is 0 Å². The zero-order valence-corrected chi connectivity index (χ0v) is 10.9. The summed E-state index contributed by atoms with van der Waals surface area (Å²) in [4.78, 5) is 11.9. The van der Waals surface area contributed by atoms with Crippen molar-refractivity contribution in [3.8, 4) is 5.75 Å². The summed E-state index contributed by atoms with van der Waals surface area (Å²) in [5, 5.41) is 6.14. The van der Waals surface area contributed by atoms with Gasteiger partial charge in [-0.2, -0.15) is 0 Å². The van der Waals surface area contributed by atoms with Crippen LogP contribution >= 0.6 is 0 Å². The highest BCUT2D eigenvalue weighted by molar-refractivity contribution is 5.82. The van der Waals surface area contributed by atoms with E-state index in [4.69, 9.17) is 4.74 Å². The standard InChI is InChI=1S/C14H20N2O2/c1-10(2)15-7-8-16-14(17)13-9-11-5-3-4-6-12(11)18-13/h3-6,10,13,15H,7-9H2,1-2H3,(H,16,17). The normalized spacial score (nSPS) is 17.4. The summed E-state index contributed by atoms with van der Waals surface area (Å²) in [6, 6.07) is 8.24. The Bertz CT molecular complexity index is 393. The van der Waals surface area contributed by atoms with E-state index in [1.807, 2.05) is 24.3 Å². The molecule has 2 rings (SSSR count). The lowest BCUT2D eigenvalue weighted by molar-refractivity contribution is -0.127. The molecule has 1 atom stereocenters.